The van der Waals surface area contributed by atoms with Crippen molar-refractivity contribution in [2.45, 2.75) is 11.8 Å². The Kier molecular flexibility index (Phi) is 5.35. The van der Waals surface area contributed by atoms with Crippen LogP contribution in [0.1, 0.15) is 17.3 Å². The van der Waals surface area contributed by atoms with Crippen molar-refractivity contribution in [3.05, 3.63) is 23.8 Å². The lowest BCUT2D eigenvalue weighted by Crippen LogP contribution is -2.01. The normalized spacial score (nSPS) is 10.2. The maximum Gasteiger partial charge on any atom is 0.164 e. The van der Waals surface area contributed by atoms with Gasteiger partial charge in [0.2, 0.25) is 0 Å². The van der Waals surface area contributed by atoms with Gasteiger partial charge >= 0.3 is 0 Å². The number of rotatable bonds is 6. The van der Waals surface area contributed by atoms with Gasteiger partial charge in [-0.25, -0.2) is 0 Å². The van der Waals surface area contributed by atoms with Crippen LogP contribution in [0.25, 0.3) is 0 Å². The fourth-order valence-electron chi connectivity index (χ4n) is 1.38. The molecule has 3 nitrogen and oxygen atoms in total. The predicted molar refractivity (Wildman–Crippen MR) is 65.6 cm³/mol. The van der Waals surface area contributed by atoms with Gasteiger partial charge in [-0.3, -0.25) is 4.79 Å². The number of methoxy groups -OCH3 is 2. The molecule has 16 heavy (non-hydrogen) atoms. The van der Waals surface area contributed by atoms with Crippen LogP contribution in [-0.2, 0) is 4.74 Å². The van der Waals surface area contributed by atoms with Gasteiger partial charge in [-0.1, -0.05) is 6.07 Å². The first-order valence-electron chi connectivity index (χ1n) is 5.00. The SMILES string of the molecule is COCCSc1cccc(OC)c1C(C)=O. The molecule has 0 aliphatic heterocycles. The van der Waals surface area contributed by atoms with Gasteiger partial charge in [-0.2, -0.15) is 0 Å². The number of carbonyl (C=O) groups excluding carboxylic acids is 1. The lowest BCUT2D eigenvalue weighted by molar-refractivity contribution is 0.101. The number of hydrogen-bond donors (Lipinski definition) is 0. The second-order valence-corrected chi connectivity index (χ2v) is 4.37. The molecule has 0 amide bonds. The molecule has 0 heterocycles. The highest BCUT2D eigenvalue weighted by Crippen LogP contribution is 2.30. The van der Waals surface area contributed by atoms with E-state index in [0.717, 1.165) is 10.6 Å². The number of carbonyl (C=O) groups is 1. The fourth-order valence-corrected chi connectivity index (χ4v) is 2.42. The standard InChI is InChI=1S/C12H16O3S/c1-9(13)12-10(15-3)5-4-6-11(12)16-8-7-14-2/h4-6H,7-8H2,1-3H3. The van der Waals surface area contributed by atoms with Crippen molar-refractivity contribution in [1.82, 2.24) is 0 Å². The van der Waals surface area contributed by atoms with Crippen LogP contribution in [0.4, 0.5) is 0 Å². The first-order chi connectivity index (χ1) is 7.70. The van der Waals surface area contributed by atoms with Crippen LogP contribution in [0.5, 0.6) is 5.75 Å². The van der Waals surface area contributed by atoms with Crippen molar-refractivity contribution in [3.8, 4) is 5.75 Å². The number of ketones is 1. The molecule has 0 unspecified atom stereocenters. The minimum atomic E-state index is 0.0253. The Labute approximate surface area is 100 Å². The molecule has 1 aromatic carbocycles. The number of hydrogen-bond acceptors (Lipinski definition) is 4. The molecular weight excluding hydrogens is 224 g/mol. The molecule has 0 aromatic heterocycles. The molecule has 88 valence electrons. The van der Waals surface area contributed by atoms with Crippen LogP contribution < -0.4 is 4.74 Å². The largest absolute Gasteiger partial charge is 0.496 e. The molecule has 0 aliphatic carbocycles. The molecule has 0 saturated heterocycles. The third kappa shape index (κ3) is 3.25. The number of ether oxygens (including phenoxy) is 2. The van der Waals surface area contributed by atoms with E-state index in [4.69, 9.17) is 9.47 Å². The molecule has 1 rings (SSSR count). The second kappa shape index (κ2) is 6.55. The molecule has 0 saturated carbocycles. The maximum absolute atomic E-state index is 11.6. The van der Waals surface area contributed by atoms with Crippen LogP contribution in [0.15, 0.2) is 23.1 Å². The Bertz CT molecular complexity index is 363. The zero-order valence-corrected chi connectivity index (χ0v) is 10.6. The second-order valence-electron chi connectivity index (χ2n) is 3.23. The van der Waals surface area contributed by atoms with Gasteiger partial charge in [0.05, 0.1) is 19.3 Å². The van der Waals surface area contributed by atoms with E-state index >= 15 is 0 Å². The topological polar surface area (TPSA) is 35.5 Å². The Hall–Kier alpha value is -1.00. The van der Waals surface area contributed by atoms with Crippen LogP contribution in [0.2, 0.25) is 0 Å². The number of thioether (sulfide) groups is 1. The lowest BCUT2D eigenvalue weighted by atomic mass is 10.1. The smallest absolute Gasteiger partial charge is 0.164 e. The summed E-state index contributed by atoms with van der Waals surface area (Å²) in [6, 6.07) is 5.62. The Balaban J connectivity index is 2.93. The first kappa shape index (κ1) is 13.1. The third-order valence-electron chi connectivity index (χ3n) is 2.10. The number of benzene rings is 1. The van der Waals surface area contributed by atoms with Crippen LogP contribution in [0.3, 0.4) is 0 Å². The summed E-state index contributed by atoms with van der Waals surface area (Å²) in [5.74, 6) is 1.48. The van der Waals surface area contributed by atoms with Gasteiger partial charge in [0, 0.05) is 17.8 Å². The van der Waals surface area contributed by atoms with Crippen molar-refractivity contribution in [1.29, 1.82) is 0 Å². The van der Waals surface area contributed by atoms with Gasteiger partial charge in [-0.05, 0) is 19.1 Å². The van der Waals surface area contributed by atoms with E-state index in [1.54, 1.807) is 39.0 Å². The van der Waals surface area contributed by atoms with E-state index in [-0.39, 0.29) is 5.78 Å². The molecular formula is C12H16O3S. The highest BCUT2D eigenvalue weighted by atomic mass is 32.2. The number of Topliss-reactive ketones (excluding diaryl/α,β-unsaturated/α-hetero) is 1. The highest BCUT2D eigenvalue weighted by molar-refractivity contribution is 7.99. The van der Waals surface area contributed by atoms with Crippen molar-refractivity contribution in [2.24, 2.45) is 0 Å². The molecule has 0 spiro atoms. The third-order valence-corrected chi connectivity index (χ3v) is 3.13. The molecule has 0 radical (unpaired) electrons. The van der Waals surface area contributed by atoms with Crippen LogP contribution in [0, 0.1) is 0 Å². The zero-order chi connectivity index (χ0) is 12.0. The van der Waals surface area contributed by atoms with Gasteiger partial charge in [0.15, 0.2) is 5.78 Å². The van der Waals surface area contributed by atoms with E-state index in [9.17, 15) is 4.79 Å². The van der Waals surface area contributed by atoms with Crippen LogP contribution in [-0.4, -0.2) is 32.4 Å². The summed E-state index contributed by atoms with van der Waals surface area (Å²) in [6.07, 6.45) is 0. The molecule has 0 atom stereocenters. The van der Waals surface area contributed by atoms with Gasteiger partial charge in [-0.15, -0.1) is 11.8 Å². The summed E-state index contributed by atoms with van der Waals surface area (Å²) in [5.41, 5.74) is 0.658. The van der Waals surface area contributed by atoms with Gasteiger partial charge in [0.1, 0.15) is 5.75 Å². The summed E-state index contributed by atoms with van der Waals surface area (Å²) >= 11 is 1.60. The van der Waals surface area contributed by atoms with Crippen molar-refractivity contribution in [3.63, 3.8) is 0 Å². The minimum Gasteiger partial charge on any atom is -0.496 e. The van der Waals surface area contributed by atoms with E-state index in [1.165, 1.54) is 0 Å². The van der Waals surface area contributed by atoms with E-state index in [1.807, 2.05) is 12.1 Å². The minimum absolute atomic E-state index is 0.0253. The summed E-state index contributed by atoms with van der Waals surface area (Å²) in [4.78, 5) is 12.5. The zero-order valence-electron chi connectivity index (χ0n) is 9.78. The first-order valence-corrected chi connectivity index (χ1v) is 5.99. The fraction of sp³-hybridized carbons (Fsp3) is 0.417. The quantitative estimate of drug-likeness (QED) is 0.435. The monoisotopic (exact) mass is 240 g/mol. The molecule has 0 bridgehead atoms. The van der Waals surface area contributed by atoms with Crippen molar-refractivity contribution in [2.75, 3.05) is 26.6 Å². The summed E-state index contributed by atoms with van der Waals surface area (Å²) < 4.78 is 10.2. The van der Waals surface area contributed by atoms with E-state index < -0.39 is 0 Å². The van der Waals surface area contributed by atoms with Gasteiger partial charge < -0.3 is 9.47 Å². The summed E-state index contributed by atoms with van der Waals surface area (Å²) in [7, 11) is 3.24. The van der Waals surface area contributed by atoms with E-state index in [0.29, 0.717) is 17.9 Å². The van der Waals surface area contributed by atoms with Crippen molar-refractivity contribution >= 4 is 17.5 Å². The Morgan fingerprint density at radius 2 is 2.12 bits per heavy atom. The maximum atomic E-state index is 11.6. The highest BCUT2D eigenvalue weighted by Gasteiger charge is 2.13. The molecule has 0 fully saturated rings. The summed E-state index contributed by atoms with van der Waals surface area (Å²) in [5, 5.41) is 0. The lowest BCUT2D eigenvalue weighted by Gasteiger charge is -2.10. The van der Waals surface area contributed by atoms with E-state index in [2.05, 4.69) is 0 Å². The molecule has 0 aliphatic rings. The summed E-state index contributed by atoms with van der Waals surface area (Å²) in [6.45, 7) is 2.22. The Morgan fingerprint density at radius 1 is 1.38 bits per heavy atom. The average molecular weight is 240 g/mol. The van der Waals surface area contributed by atoms with Crippen LogP contribution >= 0.6 is 11.8 Å². The average Bonchev–Trinajstić information content (AvgIpc) is 2.28. The molecule has 0 N–H and O–H groups in total. The Morgan fingerprint density at radius 3 is 2.69 bits per heavy atom. The predicted octanol–water partition coefficient (Wildman–Crippen LogP) is 2.64. The molecule has 1 aromatic rings. The van der Waals surface area contributed by atoms with Crippen molar-refractivity contribution < 1.29 is 14.3 Å². The molecule has 4 heteroatoms. The van der Waals surface area contributed by atoms with Gasteiger partial charge in [0.25, 0.3) is 0 Å².